The molecule has 0 heterocycles. The van der Waals surface area contributed by atoms with Crippen LogP contribution in [-0.4, -0.2) is 7.05 Å². The van der Waals surface area contributed by atoms with Crippen LogP contribution in [0, 0.1) is 25.2 Å². The van der Waals surface area contributed by atoms with Gasteiger partial charge in [0.1, 0.15) is 0 Å². The van der Waals surface area contributed by atoms with Crippen molar-refractivity contribution >= 4 is 0 Å². The largest absolute Gasteiger partial charge is 0.313 e. The molecule has 1 N–H and O–H groups in total. The molecule has 0 amide bonds. The van der Waals surface area contributed by atoms with E-state index < -0.39 is 0 Å². The van der Waals surface area contributed by atoms with Crippen LogP contribution in [0.5, 0.6) is 0 Å². The van der Waals surface area contributed by atoms with E-state index in [1.165, 1.54) is 23.1 Å². The van der Waals surface area contributed by atoms with Gasteiger partial charge in [0.2, 0.25) is 0 Å². The van der Waals surface area contributed by atoms with E-state index in [-0.39, 0.29) is 0 Å². The van der Waals surface area contributed by atoms with Crippen molar-refractivity contribution in [3.63, 3.8) is 0 Å². The van der Waals surface area contributed by atoms with Crippen molar-refractivity contribution in [1.29, 1.82) is 0 Å². The van der Waals surface area contributed by atoms with Crippen LogP contribution in [0.15, 0.2) is 18.2 Å². The molecular formula is C17H29N. The first kappa shape index (κ1) is 15.2. The highest BCUT2D eigenvalue weighted by molar-refractivity contribution is 5.33. The van der Waals surface area contributed by atoms with Crippen molar-refractivity contribution in [3.05, 3.63) is 34.9 Å². The summed E-state index contributed by atoms with van der Waals surface area (Å²) in [5.41, 5.74) is 4.56. The van der Waals surface area contributed by atoms with Gasteiger partial charge >= 0.3 is 0 Å². The van der Waals surface area contributed by atoms with Crippen molar-refractivity contribution in [3.8, 4) is 0 Å². The maximum atomic E-state index is 3.49. The Balaban J connectivity index is 2.93. The fourth-order valence-corrected chi connectivity index (χ4v) is 2.24. The highest BCUT2D eigenvalue weighted by Crippen LogP contribution is 2.34. The van der Waals surface area contributed by atoms with Crippen molar-refractivity contribution in [2.75, 3.05) is 7.05 Å². The van der Waals surface area contributed by atoms with Crippen molar-refractivity contribution in [1.82, 2.24) is 5.32 Å². The molecular weight excluding hydrogens is 218 g/mol. The molecule has 0 aliphatic rings. The van der Waals surface area contributed by atoms with Gasteiger partial charge in [-0.2, -0.15) is 0 Å². The van der Waals surface area contributed by atoms with E-state index in [9.17, 15) is 0 Å². The molecule has 18 heavy (non-hydrogen) atoms. The SMILES string of the molecule is CNC(CC(C)C(C)(C)C)c1cc(C)ccc1C. The third-order valence-electron chi connectivity index (χ3n) is 4.23. The first-order chi connectivity index (χ1) is 8.25. The minimum Gasteiger partial charge on any atom is -0.313 e. The molecule has 0 aliphatic carbocycles. The van der Waals surface area contributed by atoms with Crippen LogP contribution in [0.1, 0.15) is 56.8 Å². The lowest BCUT2D eigenvalue weighted by Gasteiger charge is -2.31. The van der Waals surface area contributed by atoms with Gasteiger partial charge in [0.15, 0.2) is 0 Å². The molecule has 2 atom stereocenters. The standard InChI is InChI=1S/C17H29N/c1-12-8-9-13(2)15(10-12)16(18-7)11-14(3)17(4,5)6/h8-10,14,16,18H,11H2,1-7H3. The fourth-order valence-electron chi connectivity index (χ4n) is 2.24. The summed E-state index contributed by atoms with van der Waals surface area (Å²) in [7, 11) is 2.07. The predicted octanol–water partition coefficient (Wildman–Crippen LogP) is 4.64. The summed E-state index contributed by atoms with van der Waals surface area (Å²) >= 11 is 0. The molecule has 0 aromatic heterocycles. The maximum Gasteiger partial charge on any atom is 0.0322 e. The Morgan fingerprint density at radius 2 is 1.78 bits per heavy atom. The zero-order valence-corrected chi connectivity index (χ0v) is 13.1. The van der Waals surface area contributed by atoms with Gasteiger partial charge in [-0.05, 0) is 49.8 Å². The smallest absolute Gasteiger partial charge is 0.0322 e. The molecule has 0 bridgehead atoms. The summed E-state index contributed by atoms with van der Waals surface area (Å²) in [6.45, 7) is 13.7. The Morgan fingerprint density at radius 3 is 2.28 bits per heavy atom. The van der Waals surface area contributed by atoms with Gasteiger partial charge in [-0.1, -0.05) is 51.5 Å². The summed E-state index contributed by atoms with van der Waals surface area (Å²) in [6.07, 6.45) is 1.18. The Morgan fingerprint density at radius 1 is 1.17 bits per heavy atom. The van der Waals surface area contributed by atoms with Crippen molar-refractivity contribution in [2.24, 2.45) is 11.3 Å². The Bertz CT molecular complexity index is 387. The summed E-state index contributed by atoms with van der Waals surface area (Å²) in [4.78, 5) is 0. The number of nitrogens with one attached hydrogen (secondary N) is 1. The van der Waals surface area contributed by atoms with Gasteiger partial charge in [0.05, 0.1) is 0 Å². The van der Waals surface area contributed by atoms with Gasteiger partial charge in [0, 0.05) is 6.04 Å². The van der Waals surface area contributed by atoms with E-state index >= 15 is 0 Å². The summed E-state index contributed by atoms with van der Waals surface area (Å²) in [6, 6.07) is 7.21. The normalized spacial score (nSPS) is 15.5. The lowest BCUT2D eigenvalue weighted by atomic mass is 9.77. The van der Waals surface area contributed by atoms with Crippen LogP contribution in [0.3, 0.4) is 0 Å². The van der Waals surface area contributed by atoms with Crippen LogP contribution in [0.25, 0.3) is 0 Å². The van der Waals surface area contributed by atoms with Crippen LogP contribution in [0.4, 0.5) is 0 Å². The van der Waals surface area contributed by atoms with E-state index in [1.54, 1.807) is 0 Å². The summed E-state index contributed by atoms with van der Waals surface area (Å²) in [5.74, 6) is 0.690. The highest BCUT2D eigenvalue weighted by Gasteiger charge is 2.24. The molecule has 0 aliphatic heterocycles. The number of rotatable bonds is 4. The molecule has 0 radical (unpaired) electrons. The highest BCUT2D eigenvalue weighted by atomic mass is 14.9. The quantitative estimate of drug-likeness (QED) is 0.817. The van der Waals surface area contributed by atoms with Crippen molar-refractivity contribution < 1.29 is 0 Å². The lowest BCUT2D eigenvalue weighted by molar-refractivity contribution is 0.226. The van der Waals surface area contributed by atoms with E-state index in [2.05, 4.69) is 72.1 Å². The topological polar surface area (TPSA) is 12.0 Å². The molecule has 1 heteroatoms. The van der Waals surface area contributed by atoms with E-state index in [0.29, 0.717) is 17.4 Å². The molecule has 1 aromatic carbocycles. The molecule has 0 spiro atoms. The predicted molar refractivity (Wildman–Crippen MR) is 81.0 cm³/mol. The Kier molecular flexibility index (Phi) is 4.98. The third-order valence-corrected chi connectivity index (χ3v) is 4.23. The second-order valence-electron chi connectivity index (χ2n) is 6.70. The lowest BCUT2D eigenvalue weighted by Crippen LogP contribution is -2.26. The van der Waals surface area contributed by atoms with Gasteiger partial charge in [-0.3, -0.25) is 0 Å². The minimum absolute atomic E-state index is 0.368. The van der Waals surface area contributed by atoms with E-state index in [0.717, 1.165) is 0 Å². The number of hydrogen-bond donors (Lipinski definition) is 1. The molecule has 1 aromatic rings. The van der Waals surface area contributed by atoms with Gasteiger partial charge in [-0.25, -0.2) is 0 Å². The second kappa shape index (κ2) is 5.88. The van der Waals surface area contributed by atoms with Crippen LogP contribution in [0.2, 0.25) is 0 Å². The van der Waals surface area contributed by atoms with Crippen LogP contribution >= 0.6 is 0 Å². The van der Waals surface area contributed by atoms with Crippen LogP contribution in [-0.2, 0) is 0 Å². The number of hydrogen-bond acceptors (Lipinski definition) is 1. The van der Waals surface area contributed by atoms with E-state index in [1.807, 2.05) is 0 Å². The first-order valence-electron chi connectivity index (χ1n) is 7.00. The minimum atomic E-state index is 0.368. The number of benzene rings is 1. The maximum absolute atomic E-state index is 3.49. The van der Waals surface area contributed by atoms with Gasteiger partial charge in [-0.15, -0.1) is 0 Å². The zero-order chi connectivity index (χ0) is 13.9. The molecule has 102 valence electrons. The summed E-state index contributed by atoms with van der Waals surface area (Å²) in [5, 5.41) is 3.49. The Labute approximate surface area is 113 Å². The first-order valence-corrected chi connectivity index (χ1v) is 7.00. The monoisotopic (exact) mass is 247 g/mol. The molecule has 2 unspecified atom stereocenters. The molecule has 1 rings (SSSR count). The third kappa shape index (κ3) is 3.84. The second-order valence-corrected chi connectivity index (χ2v) is 6.70. The van der Waals surface area contributed by atoms with Crippen LogP contribution < -0.4 is 5.32 Å². The Hall–Kier alpha value is -0.820. The molecule has 0 saturated heterocycles. The molecule has 0 saturated carbocycles. The average Bonchev–Trinajstić information content (AvgIpc) is 2.28. The number of aryl methyl sites for hydroxylation is 2. The fraction of sp³-hybridized carbons (Fsp3) is 0.647. The zero-order valence-electron chi connectivity index (χ0n) is 13.1. The summed E-state index contributed by atoms with van der Waals surface area (Å²) < 4.78 is 0. The van der Waals surface area contributed by atoms with E-state index in [4.69, 9.17) is 0 Å². The molecule has 1 nitrogen and oxygen atoms in total. The molecule has 0 fully saturated rings. The average molecular weight is 247 g/mol. The van der Waals surface area contributed by atoms with Gasteiger partial charge < -0.3 is 5.32 Å². The van der Waals surface area contributed by atoms with Crippen molar-refractivity contribution in [2.45, 2.75) is 54.0 Å². The van der Waals surface area contributed by atoms with Gasteiger partial charge in [0.25, 0.3) is 0 Å².